The first-order chi connectivity index (χ1) is 10.6. The molecule has 114 valence electrons. The van der Waals surface area contributed by atoms with Gasteiger partial charge in [0, 0.05) is 5.57 Å². The number of halogens is 1. The van der Waals surface area contributed by atoms with Crippen molar-refractivity contribution in [1.82, 2.24) is 0 Å². The first-order valence-electron chi connectivity index (χ1n) is 6.84. The van der Waals surface area contributed by atoms with Crippen LogP contribution < -0.4 is 0 Å². The molecular weight excluding hydrogens is 283 g/mol. The molecule has 0 aliphatic carbocycles. The first-order valence-corrected chi connectivity index (χ1v) is 6.84. The van der Waals surface area contributed by atoms with E-state index in [0.29, 0.717) is 11.1 Å². The van der Waals surface area contributed by atoms with Crippen molar-refractivity contribution in [1.29, 1.82) is 0 Å². The zero-order valence-corrected chi connectivity index (χ0v) is 12.5. The van der Waals surface area contributed by atoms with E-state index in [0.717, 1.165) is 5.56 Å². The van der Waals surface area contributed by atoms with Gasteiger partial charge < -0.3 is 9.47 Å². The molecule has 22 heavy (non-hydrogen) atoms. The van der Waals surface area contributed by atoms with Gasteiger partial charge in [-0.2, -0.15) is 4.39 Å². The molecule has 0 saturated heterocycles. The van der Waals surface area contributed by atoms with Crippen LogP contribution in [0.25, 0.3) is 5.57 Å². The van der Waals surface area contributed by atoms with Crippen molar-refractivity contribution in [2.24, 2.45) is 0 Å². The molecule has 0 atom stereocenters. The largest absolute Gasteiger partial charge is 0.466 e. The van der Waals surface area contributed by atoms with E-state index in [1.54, 1.807) is 31.2 Å². The van der Waals surface area contributed by atoms with E-state index >= 15 is 0 Å². The second-order valence-electron chi connectivity index (χ2n) is 4.71. The molecule has 2 rings (SSSR count). The topological polar surface area (TPSA) is 35.5 Å². The summed E-state index contributed by atoms with van der Waals surface area (Å²) >= 11 is 0. The lowest BCUT2D eigenvalue weighted by molar-refractivity contribution is 0.0600. The minimum Gasteiger partial charge on any atom is -0.466 e. The molecule has 0 radical (unpaired) electrons. The highest BCUT2D eigenvalue weighted by Crippen LogP contribution is 2.24. The molecule has 0 saturated carbocycles. The number of carbonyl (C=O) groups excluding carboxylic acids is 1. The third-order valence-electron chi connectivity index (χ3n) is 3.24. The zero-order valence-electron chi connectivity index (χ0n) is 12.5. The summed E-state index contributed by atoms with van der Waals surface area (Å²) in [5.41, 5.74) is 1.89. The highest BCUT2D eigenvalue weighted by atomic mass is 19.1. The second kappa shape index (κ2) is 7.41. The van der Waals surface area contributed by atoms with Gasteiger partial charge >= 0.3 is 5.97 Å². The number of ether oxygens (including phenoxy) is 2. The average Bonchev–Trinajstić information content (AvgIpc) is 2.59. The Bertz CT molecular complexity index is 678. The van der Waals surface area contributed by atoms with Gasteiger partial charge in [0.15, 0.2) is 0 Å². The van der Waals surface area contributed by atoms with Gasteiger partial charge in [0.05, 0.1) is 12.7 Å². The number of rotatable bonds is 5. The molecule has 0 aliphatic heterocycles. The Hall–Kier alpha value is -2.62. The number of allylic oxidation sites excluding steroid dienone is 1. The Morgan fingerprint density at radius 2 is 1.59 bits per heavy atom. The highest BCUT2D eigenvalue weighted by molar-refractivity contribution is 5.95. The predicted molar refractivity (Wildman–Crippen MR) is 82.7 cm³/mol. The monoisotopic (exact) mass is 300 g/mol. The molecule has 0 amide bonds. The fourth-order valence-electron chi connectivity index (χ4n) is 2.03. The lowest BCUT2D eigenvalue weighted by Gasteiger charge is -2.10. The van der Waals surface area contributed by atoms with Crippen LogP contribution in [0.2, 0.25) is 0 Å². The Kier molecular flexibility index (Phi) is 5.31. The Balaban J connectivity index is 2.22. The van der Waals surface area contributed by atoms with Crippen LogP contribution in [-0.4, -0.2) is 13.1 Å². The lowest BCUT2D eigenvalue weighted by atomic mass is 10.0. The lowest BCUT2D eigenvalue weighted by Crippen LogP contribution is -2.05. The molecule has 2 aromatic rings. The molecule has 2 aromatic carbocycles. The number of methoxy groups -OCH3 is 1. The van der Waals surface area contributed by atoms with E-state index in [9.17, 15) is 9.18 Å². The van der Waals surface area contributed by atoms with Gasteiger partial charge in [-0.15, -0.1) is 0 Å². The van der Waals surface area contributed by atoms with E-state index in [-0.39, 0.29) is 12.2 Å². The Morgan fingerprint density at radius 1 is 1.00 bits per heavy atom. The molecule has 0 fully saturated rings. The molecule has 3 nitrogen and oxygen atoms in total. The van der Waals surface area contributed by atoms with Crippen molar-refractivity contribution < 1.29 is 18.7 Å². The SMILES string of the molecule is COC(=O)c1ccccc1/C(C)=C(\F)OCc1ccccc1. The van der Waals surface area contributed by atoms with Crippen molar-refractivity contribution in [2.45, 2.75) is 13.5 Å². The standard InChI is InChI=1S/C18H17FO3/c1-13(15-10-6-7-11-16(15)18(20)21-2)17(19)22-12-14-8-4-3-5-9-14/h3-11H,12H2,1-2H3/b17-13+. The van der Waals surface area contributed by atoms with Crippen LogP contribution in [0, 0.1) is 0 Å². The van der Waals surface area contributed by atoms with Gasteiger partial charge in [-0.25, -0.2) is 4.79 Å². The zero-order chi connectivity index (χ0) is 15.9. The first kappa shape index (κ1) is 15.8. The number of carbonyl (C=O) groups is 1. The van der Waals surface area contributed by atoms with Gasteiger partial charge in [-0.05, 0) is 24.1 Å². The third kappa shape index (κ3) is 3.73. The number of benzene rings is 2. The van der Waals surface area contributed by atoms with Crippen LogP contribution in [0.15, 0.2) is 60.6 Å². The summed E-state index contributed by atoms with van der Waals surface area (Å²) in [6.45, 7) is 1.70. The van der Waals surface area contributed by atoms with Gasteiger partial charge in [0.1, 0.15) is 6.61 Å². The Labute approximate surface area is 129 Å². The molecule has 0 unspecified atom stereocenters. The maximum Gasteiger partial charge on any atom is 0.338 e. The smallest absolute Gasteiger partial charge is 0.338 e. The molecule has 0 aliphatic rings. The van der Waals surface area contributed by atoms with Crippen LogP contribution >= 0.6 is 0 Å². The molecule has 0 bridgehead atoms. The van der Waals surface area contributed by atoms with Crippen molar-refractivity contribution in [3.8, 4) is 0 Å². The normalized spacial score (nSPS) is 11.6. The summed E-state index contributed by atoms with van der Waals surface area (Å²) < 4.78 is 24.1. The summed E-state index contributed by atoms with van der Waals surface area (Å²) in [6, 6.07) is 15.3. The van der Waals surface area contributed by atoms with Crippen molar-refractivity contribution >= 4 is 11.5 Å². The molecule has 0 heterocycles. The maximum absolute atomic E-state index is 14.2. The van der Waals surface area contributed by atoms with Gasteiger partial charge in [0.25, 0.3) is 6.01 Å². The quantitative estimate of drug-likeness (QED) is 0.608. The van der Waals surface area contributed by atoms with Gasteiger partial charge in [0.2, 0.25) is 0 Å². The number of hydrogen-bond acceptors (Lipinski definition) is 3. The van der Waals surface area contributed by atoms with Crippen LogP contribution in [-0.2, 0) is 16.1 Å². The van der Waals surface area contributed by atoms with Crippen LogP contribution in [0.5, 0.6) is 0 Å². The summed E-state index contributed by atoms with van der Waals surface area (Å²) in [6.07, 6.45) is 0. The molecular formula is C18H17FO3. The fraction of sp³-hybridized carbons (Fsp3) is 0.167. The number of esters is 1. The summed E-state index contributed by atoms with van der Waals surface area (Å²) in [5.74, 6) is -0.509. The van der Waals surface area contributed by atoms with Crippen molar-refractivity contribution in [3.05, 3.63) is 77.3 Å². The summed E-state index contributed by atoms with van der Waals surface area (Å²) in [4.78, 5) is 11.7. The molecule has 4 heteroatoms. The van der Waals surface area contributed by atoms with Crippen molar-refractivity contribution in [3.63, 3.8) is 0 Å². The average molecular weight is 300 g/mol. The number of hydrogen-bond donors (Lipinski definition) is 0. The molecule has 0 spiro atoms. The fourth-order valence-corrected chi connectivity index (χ4v) is 2.03. The van der Waals surface area contributed by atoms with Crippen molar-refractivity contribution in [2.75, 3.05) is 7.11 Å². The van der Waals surface area contributed by atoms with Gasteiger partial charge in [-0.3, -0.25) is 0 Å². The van der Waals surface area contributed by atoms with Gasteiger partial charge in [-0.1, -0.05) is 48.5 Å². The maximum atomic E-state index is 14.2. The minimum absolute atomic E-state index is 0.129. The van der Waals surface area contributed by atoms with E-state index in [2.05, 4.69) is 0 Å². The van der Waals surface area contributed by atoms with Crippen LogP contribution in [0.4, 0.5) is 4.39 Å². The molecule has 0 N–H and O–H groups in total. The predicted octanol–water partition coefficient (Wildman–Crippen LogP) is 4.35. The summed E-state index contributed by atoms with van der Waals surface area (Å²) in [5, 5.41) is 0. The third-order valence-corrected chi connectivity index (χ3v) is 3.24. The Morgan fingerprint density at radius 3 is 2.23 bits per heavy atom. The van der Waals surface area contributed by atoms with Crippen LogP contribution in [0.1, 0.15) is 28.4 Å². The van der Waals surface area contributed by atoms with E-state index < -0.39 is 12.0 Å². The molecule has 0 aromatic heterocycles. The minimum atomic E-state index is -0.708. The van der Waals surface area contributed by atoms with E-state index in [1.807, 2.05) is 30.3 Å². The highest BCUT2D eigenvalue weighted by Gasteiger charge is 2.15. The second-order valence-corrected chi connectivity index (χ2v) is 4.71. The van der Waals surface area contributed by atoms with E-state index in [4.69, 9.17) is 9.47 Å². The summed E-state index contributed by atoms with van der Waals surface area (Å²) in [7, 11) is 1.29. The van der Waals surface area contributed by atoms with E-state index in [1.165, 1.54) is 7.11 Å². The van der Waals surface area contributed by atoms with Crippen LogP contribution in [0.3, 0.4) is 0 Å².